The molecule has 1 amide bonds. The SMILES string of the molecule is COc1ncc(Cl)c(NCCC(=O)NC(C)(C)C)n1. The molecule has 0 aliphatic heterocycles. The lowest BCUT2D eigenvalue weighted by Crippen LogP contribution is -2.41. The summed E-state index contributed by atoms with van der Waals surface area (Å²) in [6.45, 7) is 6.24. The van der Waals surface area contributed by atoms with Crippen molar-refractivity contribution < 1.29 is 9.53 Å². The van der Waals surface area contributed by atoms with Crippen molar-refractivity contribution in [3.05, 3.63) is 11.2 Å². The van der Waals surface area contributed by atoms with Gasteiger partial charge in [0.05, 0.1) is 13.3 Å². The second-order valence-corrected chi connectivity index (χ2v) is 5.44. The van der Waals surface area contributed by atoms with Crippen LogP contribution in [0, 0.1) is 0 Å². The number of carbonyl (C=O) groups excluding carboxylic acids is 1. The summed E-state index contributed by atoms with van der Waals surface area (Å²) >= 11 is 5.93. The van der Waals surface area contributed by atoms with E-state index in [2.05, 4.69) is 20.6 Å². The van der Waals surface area contributed by atoms with E-state index in [1.165, 1.54) is 13.3 Å². The first-order valence-electron chi connectivity index (χ1n) is 5.93. The number of ether oxygens (including phenoxy) is 1. The molecule has 0 bridgehead atoms. The molecule has 6 nitrogen and oxygen atoms in total. The van der Waals surface area contributed by atoms with E-state index in [-0.39, 0.29) is 17.5 Å². The quantitative estimate of drug-likeness (QED) is 0.864. The fraction of sp³-hybridized carbons (Fsp3) is 0.583. The van der Waals surface area contributed by atoms with E-state index >= 15 is 0 Å². The third-order valence-corrected chi connectivity index (χ3v) is 2.34. The highest BCUT2D eigenvalue weighted by atomic mass is 35.5. The van der Waals surface area contributed by atoms with Crippen LogP contribution in [0.3, 0.4) is 0 Å². The van der Waals surface area contributed by atoms with E-state index in [9.17, 15) is 4.79 Å². The molecule has 0 aromatic carbocycles. The number of aromatic nitrogens is 2. The average Bonchev–Trinajstić information content (AvgIpc) is 2.29. The molecule has 0 radical (unpaired) electrons. The molecule has 0 fully saturated rings. The van der Waals surface area contributed by atoms with Gasteiger partial charge in [0, 0.05) is 18.5 Å². The van der Waals surface area contributed by atoms with Crippen molar-refractivity contribution in [3.63, 3.8) is 0 Å². The number of halogens is 1. The number of anilines is 1. The van der Waals surface area contributed by atoms with E-state index in [1.54, 1.807) is 0 Å². The van der Waals surface area contributed by atoms with Gasteiger partial charge in [0.1, 0.15) is 5.02 Å². The van der Waals surface area contributed by atoms with Gasteiger partial charge < -0.3 is 15.4 Å². The highest BCUT2D eigenvalue weighted by Gasteiger charge is 2.13. The number of hydrogen-bond acceptors (Lipinski definition) is 5. The number of rotatable bonds is 5. The fourth-order valence-corrected chi connectivity index (χ4v) is 1.51. The highest BCUT2D eigenvalue weighted by Crippen LogP contribution is 2.19. The number of methoxy groups -OCH3 is 1. The van der Waals surface area contributed by atoms with E-state index < -0.39 is 0 Å². The Kier molecular flexibility index (Phi) is 5.35. The van der Waals surface area contributed by atoms with E-state index in [1.807, 2.05) is 20.8 Å². The van der Waals surface area contributed by atoms with Crippen molar-refractivity contribution in [2.24, 2.45) is 0 Å². The van der Waals surface area contributed by atoms with Crippen molar-refractivity contribution in [3.8, 4) is 6.01 Å². The molecule has 7 heteroatoms. The van der Waals surface area contributed by atoms with Crippen molar-refractivity contribution >= 4 is 23.3 Å². The van der Waals surface area contributed by atoms with Crippen LogP contribution in [0.15, 0.2) is 6.20 Å². The van der Waals surface area contributed by atoms with Crippen LogP contribution in [0.5, 0.6) is 6.01 Å². The van der Waals surface area contributed by atoms with E-state index in [0.29, 0.717) is 23.8 Å². The van der Waals surface area contributed by atoms with Crippen LogP contribution in [0.25, 0.3) is 0 Å². The van der Waals surface area contributed by atoms with Gasteiger partial charge in [-0.25, -0.2) is 4.98 Å². The molecule has 1 heterocycles. The van der Waals surface area contributed by atoms with Crippen LogP contribution in [0.1, 0.15) is 27.2 Å². The molecule has 1 aromatic rings. The van der Waals surface area contributed by atoms with Gasteiger partial charge in [0.25, 0.3) is 0 Å². The summed E-state index contributed by atoms with van der Waals surface area (Å²) < 4.78 is 4.90. The Morgan fingerprint density at radius 1 is 1.47 bits per heavy atom. The minimum Gasteiger partial charge on any atom is -0.467 e. The molecular weight excluding hydrogens is 268 g/mol. The van der Waals surface area contributed by atoms with Gasteiger partial charge in [-0.15, -0.1) is 0 Å². The molecule has 0 unspecified atom stereocenters. The molecule has 106 valence electrons. The predicted molar refractivity (Wildman–Crippen MR) is 74.6 cm³/mol. The van der Waals surface area contributed by atoms with Crippen molar-refractivity contribution in [2.45, 2.75) is 32.7 Å². The van der Waals surface area contributed by atoms with Gasteiger partial charge in [-0.2, -0.15) is 4.98 Å². The first-order valence-corrected chi connectivity index (χ1v) is 6.31. The number of nitrogens with one attached hydrogen (secondary N) is 2. The molecule has 0 spiro atoms. The fourth-order valence-electron chi connectivity index (χ4n) is 1.35. The number of hydrogen-bond donors (Lipinski definition) is 2. The molecule has 0 atom stereocenters. The minimum atomic E-state index is -0.229. The predicted octanol–water partition coefficient (Wildman–Crippen LogP) is 1.86. The lowest BCUT2D eigenvalue weighted by molar-refractivity contribution is -0.122. The second-order valence-electron chi connectivity index (χ2n) is 5.03. The molecule has 19 heavy (non-hydrogen) atoms. The molecule has 0 saturated carbocycles. The van der Waals surface area contributed by atoms with Crippen LogP contribution < -0.4 is 15.4 Å². The first-order chi connectivity index (χ1) is 8.81. The summed E-state index contributed by atoms with van der Waals surface area (Å²) in [4.78, 5) is 19.5. The molecule has 0 aliphatic rings. The first kappa shape index (κ1) is 15.5. The maximum absolute atomic E-state index is 11.6. The van der Waals surface area contributed by atoms with Crippen LogP contribution in [0.2, 0.25) is 5.02 Å². The average molecular weight is 287 g/mol. The summed E-state index contributed by atoms with van der Waals surface area (Å²) in [6, 6.07) is 0.228. The van der Waals surface area contributed by atoms with Gasteiger partial charge in [0.2, 0.25) is 5.91 Å². The van der Waals surface area contributed by atoms with Gasteiger partial charge in [-0.3, -0.25) is 4.79 Å². The van der Waals surface area contributed by atoms with Gasteiger partial charge >= 0.3 is 6.01 Å². The lowest BCUT2D eigenvalue weighted by Gasteiger charge is -2.20. The zero-order valence-electron chi connectivity index (χ0n) is 11.6. The Labute approximate surface area is 117 Å². The van der Waals surface area contributed by atoms with Gasteiger partial charge in [0.15, 0.2) is 5.82 Å². The molecule has 1 aromatic heterocycles. The highest BCUT2D eigenvalue weighted by molar-refractivity contribution is 6.32. The third kappa shape index (κ3) is 5.74. The standard InChI is InChI=1S/C12H19ClN4O2/c1-12(2,3)17-9(18)5-6-14-10-8(13)7-15-11(16-10)19-4/h7H,5-6H2,1-4H3,(H,17,18)(H,14,15,16). The molecule has 0 saturated heterocycles. The zero-order valence-corrected chi connectivity index (χ0v) is 12.3. The lowest BCUT2D eigenvalue weighted by atomic mass is 10.1. The monoisotopic (exact) mass is 286 g/mol. The summed E-state index contributed by atoms with van der Waals surface area (Å²) in [6.07, 6.45) is 1.78. The Bertz CT molecular complexity index is 446. The number of amides is 1. The normalized spacial score (nSPS) is 11.0. The second kappa shape index (κ2) is 6.56. The minimum absolute atomic E-state index is 0.0304. The molecule has 1 rings (SSSR count). The maximum Gasteiger partial charge on any atom is 0.318 e. The van der Waals surface area contributed by atoms with Gasteiger partial charge in [-0.1, -0.05) is 11.6 Å². The largest absolute Gasteiger partial charge is 0.467 e. The Balaban J connectivity index is 2.47. The zero-order chi connectivity index (χ0) is 14.5. The number of nitrogens with zero attached hydrogens (tertiary/aromatic N) is 2. The topological polar surface area (TPSA) is 76.1 Å². The van der Waals surface area contributed by atoms with E-state index in [0.717, 1.165) is 0 Å². The summed E-state index contributed by atoms with van der Waals surface area (Å²) in [7, 11) is 1.48. The van der Waals surface area contributed by atoms with Gasteiger partial charge in [-0.05, 0) is 20.8 Å². The molecule has 2 N–H and O–H groups in total. The van der Waals surface area contributed by atoms with Crippen LogP contribution >= 0.6 is 11.6 Å². The van der Waals surface area contributed by atoms with Crippen LogP contribution in [0.4, 0.5) is 5.82 Å². The maximum atomic E-state index is 11.6. The summed E-state index contributed by atoms with van der Waals surface area (Å²) in [5, 5.41) is 6.24. The Morgan fingerprint density at radius 3 is 2.74 bits per heavy atom. The summed E-state index contributed by atoms with van der Waals surface area (Å²) in [5.74, 6) is 0.425. The van der Waals surface area contributed by atoms with Crippen LogP contribution in [-0.4, -0.2) is 35.1 Å². The van der Waals surface area contributed by atoms with Crippen molar-refractivity contribution in [1.82, 2.24) is 15.3 Å². The smallest absolute Gasteiger partial charge is 0.318 e. The number of carbonyl (C=O) groups is 1. The van der Waals surface area contributed by atoms with Crippen molar-refractivity contribution in [2.75, 3.05) is 19.0 Å². The molecular formula is C12H19ClN4O2. The Morgan fingerprint density at radius 2 is 2.16 bits per heavy atom. The van der Waals surface area contributed by atoms with Crippen molar-refractivity contribution in [1.29, 1.82) is 0 Å². The third-order valence-electron chi connectivity index (χ3n) is 2.06. The summed E-state index contributed by atoms with van der Waals surface area (Å²) in [5.41, 5.74) is -0.229. The Hall–Kier alpha value is -1.56. The molecule has 0 aliphatic carbocycles. The van der Waals surface area contributed by atoms with Crippen LogP contribution in [-0.2, 0) is 4.79 Å². The van der Waals surface area contributed by atoms with E-state index in [4.69, 9.17) is 16.3 Å².